The van der Waals surface area contributed by atoms with Gasteiger partial charge in [-0.05, 0) is 74.0 Å². The van der Waals surface area contributed by atoms with Crippen LogP contribution in [0.5, 0.6) is 0 Å². The molecule has 0 saturated heterocycles. The van der Waals surface area contributed by atoms with Gasteiger partial charge in [0.15, 0.2) is 0 Å². The van der Waals surface area contributed by atoms with E-state index in [4.69, 9.17) is 5.11 Å². The number of hydrogen-bond acceptors (Lipinski definition) is 2. The van der Waals surface area contributed by atoms with Crippen LogP contribution in [0.1, 0.15) is 92.4 Å². The molecule has 140 valence electrons. The molecule has 0 bridgehead atoms. The predicted molar refractivity (Wildman–Crippen MR) is 97.8 cm³/mol. The molecular formula is C21H38O3. The molecular weight excluding hydrogens is 300 g/mol. The zero-order valence-electron chi connectivity index (χ0n) is 16.4. The van der Waals surface area contributed by atoms with Crippen molar-refractivity contribution in [2.24, 2.45) is 28.6 Å². The summed E-state index contributed by atoms with van der Waals surface area (Å²) in [5.41, 5.74) is 0.0118. The Morgan fingerprint density at radius 1 is 1.12 bits per heavy atom. The van der Waals surface area contributed by atoms with E-state index < -0.39 is 11.6 Å². The first-order valence-electron chi connectivity index (χ1n) is 9.93. The van der Waals surface area contributed by atoms with E-state index in [0.29, 0.717) is 23.2 Å². The molecule has 0 heterocycles. The molecule has 0 spiro atoms. The smallest absolute Gasteiger partial charge is 0.303 e. The van der Waals surface area contributed by atoms with Gasteiger partial charge in [-0.25, -0.2) is 0 Å². The average Bonchev–Trinajstić information content (AvgIpc) is 2.42. The molecule has 0 aromatic heterocycles. The Balaban J connectivity index is 2.10. The summed E-state index contributed by atoms with van der Waals surface area (Å²) in [7, 11) is 0. The van der Waals surface area contributed by atoms with Crippen molar-refractivity contribution < 1.29 is 15.0 Å². The van der Waals surface area contributed by atoms with Crippen LogP contribution in [0, 0.1) is 28.6 Å². The molecule has 2 N–H and O–H groups in total. The van der Waals surface area contributed by atoms with Gasteiger partial charge >= 0.3 is 5.97 Å². The van der Waals surface area contributed by atoms with E-state index >= 15 is 0 Å². The fraction of sp³-hybridized carbons (Fsp3) is 0.952. The minimum Gasteiger partial charge on any atom is -0.481 e. The van der Waals surface area contributed by atoms with Gasteiger partial charge in [-0.3, -0.25) is 4.79 Å². The Hall–Kier alpha value is -0.570. The number of hydrogen-bond donors (Lipinski definition) is 2. The van der Waals surface area contributed by atoms with E-state index in [-0.39, 0.29) is 11.8 Å². The molecule has 0 radical (unpaired) electrons. The van der Waals surface area contributed by atoms with Gasteiger partial charge in [0.25, 0.3) is 0 Å². The normalized spacial score (nSPS) is 39.9. The number of aliphatic hydroxyl groups is 1. The highest BCUT2D eigenvalue weighted by Gasteiger charge is 2.57. The first-order chi connectivity index (χ1) is 11.0. The Morgan fingerprint density at radius 3 is 2.42 bits per heavy atom. The number of rotatable bonds is 6. The lowest BCUT2D eigenvalue weighted by Crippen LogP contribution is -2.57. The Kier molecular flexibility index (Phi) is 5.74. The number of carboxylic acid groups (broad SMARTS) is 1. The van der Waals surface area contributed by atoms with Crippen LogP contribution in [-0.2, 0) is 4.79 Å². The Labute approximate surface area is 148 Å². The highest BCUT2D eigenvalue weighted by atomic mass is 16.4. The summed E-state index contributed by atoms with van der Waals surface area (Å²) in [5.74, 6) is 0.735. The van der Waals surface area contributed by atoms with Gasteiger partial charge in [0, 0.05) is 6.42 Å². The maximum absolute atomic E-state index is 11.1. The SMILES string of the molecule is C[C@@H](CCC(=O)O)CC[C@@H]1[C@@]2(C)CCCC(C)(C)[C@@H]2CC[C@@]1(C)O. The van der Waals surface area contributed by atoms with Crippen molar-refractivity contribution >= 4 is 5.97 Å². The molecule has 3 heteroatoms. The lowest BCUT2D eigenvalue weighted by atomic mass is 9.45. The van der Waals surface area contributed by atoms with Crippen molar-refractivity contribution in [3.63, 3.8) is 0 Å². The third-order valence-corrected chi connectivity index (χ3v) is 7.56. The third kappa shape index (κ3) is 3.98. The zero-order valence-corrected chi connectivity index (χ0v) is 16.4. The molecule has 0 aromatic carbocycles. The summed E-state index contributed by atoms with van der Waals surface area (Å²) >= 11 is 0. The van der Waals surface area contributed by atoms with Gasteiger partial charge < -0.3 is 10.2 Å². The van der Waals surface area contributed by atoms with E-state index in [9.17, 15) is 9.90 Å². The van der Waals surface area contributed by atoms with E-state index in [1.165, 1.54) is 19.3 Å². The summed E-state index contributed by atoms with van der Waals surface area (Å²) in [5, 5.41) is 20.0. The van der Waals surface area contributed by atoms with E-state index in [2.05, 4.69) is 27.7 Å². The second-order valence-corrected chi connectivity index (χ2v) is 9.96. The van der Waals surface area contributed by atoms with Crippen LogP contribution in [0.4, 0.5) is 0 Å². The van der Waals surface area contributed by atoms with Gasteiger partial charge in [-0.1, -0.05) is 40.5 Å². The minimum absolute atomic E-state index is 0.218. The molecule has 2 fully saturated rings. The molecule has 5 atom stereocenters. The number of carboxylic acids is 1. The molecule has 0 amide bonds. The largest absolute Gasteiger partial charge is 0.481 e. The summed E-state index contributed by atoms with van der Waals surface area (Å²) in [4.78, 5) is 10.8. The average molecular weight is 339 g/mol. The van der Waals surface area contributed by atoms with Gasteiger partial charge in [-0.15, -0.1) is 0 Å². The standard InChI is InChI=1S/C21H38O3/c1-15(8-10-18(22)23)7-9-17-20(4)13-6-12-19(2,3)16(20)11-14-21(17,5)24/h15-17,24H,6-14H2,1-5H3,(H,22,23)/t15-,16+,17-,20+,21-/m1/s1. The number of carbonyl (C=O) groups is 1. The van der Waals surface area contributed by atoms with Crippen LogP contribution in [0.2, 0.25) is 0 Å². The van der Waals surface area contributed by atoms with Crippen LogP contribution >= 0.6 is 0 Å². The molecule has 2 saturated carbocycles. The van der Waals surface area contributed by atoms with Crippen LogP contribution < -0.4 is 0 Å². The highest BCUT2D eigenvalue weighted by Crippen LogP contribution is 2.63. The van der Waals surface area contributed by atoms with Crippen molar-refractivity contribution in [2.45, 2.75) is 98.0 Å². The monoisotopic (exact) mass is 338 g/mol. The van der Waals surface area contributed by atoms with E-state index in [0.717, 1.165) is 32.1 Å². The lowest BCUT2D eigenvalue weighted by molar-refractivity contribution is -0.170. The fourth-order valence-corrected chi connectivity index (χ4v) is 6.23. The zero-order chi connectivity index (χ0) is 18.2. The van der Waals surface area contributed by atoms with Gasteiger partial charge in [0.1, 0.15) is 0 Å². The molecule has 24 heavy (non-hydrogen) atoms. The first kappa shape index (κ1) is 19.8. The summed E-state index contributed by atoms with van der Waals surface area (Å²) in [6.45, 7) is 11.5. The van der Waals surface area contributed by atoms with Crippen LogP contribution in [0.25, 0.3) is 0 Å². The lowest BCUT2D eigenvalue weighted by Gasteiger charge is -2.61. The van der Waals surface area contributed by atoms with Gasteiger partial charge in [0.05, 0.1) is 5.60 Å². The van der Waals surface area contributed by atoms with Crippen molar-refractivity contribution in [3.05, 3.63) is 0 Å². The maximum Gasteiger partial charge on any atom is 0.303 e. The maximum atomic E-state index is 11.1. The Morgan fingerprint density at radius 2 is 1.79 bits per heavy atom. The molecule has 0 aliphatic heterocycles. The topological polar surface area (TPSA) is 57.5 Å². The first-order valence-corrected chi connectivity index (χ1v) is 9.93. The Bertz CT molecular complexity index is 454. The number of aliphatic carboxylic acids is 1. The highest BCUT2D eigenvalue weighted by molar-refractivity contribution is 5.66. The second kappa shape index (κ2) is 6.97. The quantitative estimate of drug-likeness (QED) is 0.694. The third-order valence-electron chi connectivity index (χ3n) is 7.56. The molecule has 2 aliphatic carbocycles. The van der Waals surface area contributed by atoms with Crippen molar-refractivity contribution in [1.82, 2.24) is 0 Å². The fourth-order valence-electron chi connectivity index (χ4n) is 6.23. The second-order valence-electron chi connectivity index (χ2n) is 9.96. The summed E-state index contributed by atoms with van der Waals surface area (Å²) in [6.07, 6.45) is 8.90. The summed E-state index contributed by atoms with van der Waals surface area (Å²) in [6, 6.07) is 0. The van der Waals surface area contributed by atoms with E-state index in [1.54, 1.807) is 0 Å². The van der Waals surface area contributed by atoms with Crippen molar-refractivity contribution in [2.75, 3.05) is 0 Å². The van der Waals surface area contributed by atoms with Crippen LogP contribution in [0.3, 0.4) is 0 Å². The molecule has 2 rings (SSSR count). The van der Waals surface area contributed by atoms with Crippen LogP contribution in [0.15, 0.2) is 0 Å². The van der Waals surface area contributed by atoms with Gasteiger partial charge in [0.2, 0.25) is 0 Å². The van der Waals surface area contributed by atoms with Crippen LogP contribution in [-0.4, -0.2) is 21.8 Å². The minimum atomic E-state index is -0.701. The molecule has 2 aliphatic rings. The summed E-state index contributed by atoms with van der Waals surface area (Å²) < 4.78 is 0. The predicted octanol–water partition coefficient (Wildman–Crippen LogP) is 5.26. The molecule has 3 nitrogen and oxygen atoms in total. The number of fused-ring (bicyclic) bond motifs is 1. The molecule has 0 unspecified atom stereocenters. The molecule has 0 aromatic rings. The van der Waals surface area contributed by atoms with Gasteiger partial charge in [-0.2, -0.15) is 0 Å². The van der Waals surface area contributed by atoms with Crippen molar-refractivity contribution in [1.29, 1.82) is 0 Å². The van der Waals surface area contributed by atoms with Crippen molar-refractivity contribution in [3.8, 4) is 0 Å². The van der Waals surface area contributed by atoms with E-state index in [1.807, 2.05) is 6.92 Å².